The number of carbonyl (C=O) groups is 3. The largest absolute Gasteiger partial charge is 0.465 e. The van der Waals surface area contributed by atoms with Gasteiger partial charge in [-0.15, -0.1) is 0 Å². The smallest absolute Gasteiger partial charge is 0.340 e. The van der Waals surface area contributed by atoms with Crippen LogP contribution >= 0.6 is 0 Å². The van der Waals surface area contributed by atoms with E-state index in [1.165, 1.54) is 12.4 Å². The van der Waals surface area contributed by atoms with Crippen LogP contribution in [0, 0.1) is 11.3 Å². The Morgan fingerprint density at radius 1 is 1.00 bits per heavy atom. The Labute approximate surface area is 265 Å². The van der Waals surface area contributed by atoms with E-state index in [2.05, 4.69) is 30.7 Å². The number of hydrogen-bond acceptors (Lipinski definition) is 9. The van der Waals surface area contributed by atoms with Crippen LogP contribution in [0.2, 0.25) is 0 Å². The van der Waals surface area contributed by atoms with Crippen molar-refractivity contribution in [1.29, 1.82) is 0 Å². The zero-order valence-corrected chi connectivity index (χ0v) is 26.9. The van der Waals surface area contributed by atoms with Gasteiger partial charge in [0.25, 0.3) is 0 Å². The molecular formula is C36H44N2O7. The Hall–Kier alpha value is -3.85. The molecule has 0 radical (unpaired) electrons. The first-order valence-electron chi connectivity index (χ1n) is 16.0. The molecule has 9 heteroatoms. The molecule has 0 aromatic carbocycles. The van der Waals surface area contributed by atoms with E-state index in [9.17, 15) is 14.4 Å². The van der Waals surface area contributed by atoms with Crippen LogP contribution in [0.1, 0.15) is 100 Å². The van der Waals surface area contributed by atoms with Crippen molar-refractivity contribution in [1.82, 2.24) is 9.97 Å². The van der Waals surface area contributed by atoms with Crippen molar-refractivity contribution in [3.8, 4) is 0 Å². The molecule has 0 amide bonds. The van der Waals surface area contributed by atoms with Crippen LogP contribution in [0.15, 0.2) is 71.8 Å². The predicted molar refractivity (Wildman–Crippen MR) is 167 cm³/mol. The van der Waals surface area contributed by atoms with Gasteiger partial charge in [-0.3, -0.25) is 14.8 Å². The van der Waals surface area contributed by atoms with Gasteiger partial charge in [-0.25, -0.2) is 9.59 Å². The number of nitrogens with zero attached hydrogens (tertiary/aromatic N) is 2. The first-order valence-corrected chi connectivity index (χ1v) is 16.0. The molecule has 2 aliphatic carbocycles. The van der Waals surface area contributed by atoms with Gasteiger partial charge in [0.05, 0.1) is 28.2 Å². The third-order valence-electron chi connectivity index (χ3n) is 9.56. The summed E-state index contributed by atoms with van der Waals surface area (Å²) in [4.78, 5) is 48.5. The molecule has 1 saturated carbocycles. The summed E-state index contributed by atoms with van der Waals surface area (Å²) in [6, 6.07) is 6.74. The molecule has 6 unspecified atom stereocenters. The number of rotatable bonds is 8. The maximum Gasteiger partial charge on any atom is 0.340 e. The summed E-state index contributed by atoms with van der Waals surface area (Å²) >= 11 is 0. The molecule has 2 aromatic rings. The van der Waals surface area contributed by atoms with Gasteiger partial charge in [0.15, 0.2) is 0 Å². The monoisotopic (exact) mass is 616 g/mol. The number of fused-ring (bicyclic) bond motifs is 2. The lowest BCUT2D eigenvalue weighted by Crippen LogP contribution is -2.50. The van der Waals surface area contributed by atoms with Crippen molar-refractivity contribution in [2.75, 3.05) is 6.61 Å². The van der Waals surface area contributed by atoms with Gasteiger partial charge in [0.1, 0.15) is 18.8 Å². The number of pyridine rings is 2. The van der Waals surface area contributed by atoms with Gasteiger partial charge >= 0.3 is 17.9 Å². The van der Waals surface area contributed by atoms with Crippen molar-refractivity contribution in [3.05, 3.63) is 83.0 Å². The maximum absolute atomic E-state index is 13.7. The topological polar surface area (TPSA) is 117 Å². The summed E-state index contributed by atoms with van der Waals surface area (Å²) in [5.41, 5.74) is 2.51. The number of epoxide rings is 1. The number of carbonyl (C=O) groups excluding carboxylic acids is 3. The van der Waals surface area contributed by atoms with E-state index in [0.29, 0.717) is 36.8 Å². The van der Waals surface area contributed by atoms with E-state index < -0.39 is 41.1 Å². The van der Waals surface area contributed by atoms with Crippen LogP contribution in [0.25, 0.3) is 0 Å². The molecule has 240 valence electrons. The second-order valence-corrected chi connectivity index (χ2v) is 13.1. The number of ether oxygens (including phenoxy) is 4. The van der Waals surface area contributed by atoms with Gasteiger partial charge in [-0.05, 0) is 90.1 Å². The molecule has 0 bridgehead atoms. The first kappa shape index (κ1) is 32.5. The lowest BCUT2D eigenvalue weighted by atomic mass is 9.68. The van der Waals surface area contributed by atoms with Crippen molar-refractivity contribution in [3.63, 3.8) is 0 Å². The molecule has 45 heavy (non-hydrogen) atoms. The van der Waals surface area contributed by atoms with Crippen LogP contribution in [0.4, 0.5) is 0 Å². The molecule has 2 fully saturated rings. The molecule has 1 aliphatic heterocycles. The summed E-state index contributed by atoms with van der Waals surface area (Å²) in [6.07, 6.45) is 10.9. The van der Waals surface area contributed by atoms with Gasteiger partial charge < -0.3 is 18.9 Å². The molecule has 0 N–H and O–H groups in total. The Morgan fingerprint density at radius 2 is 1.67 bits per heavy atom. The summed E-state index contributed by atoms with van der Waals surface area (Å²) in [5.74, 6) is -1.74. The Bertz CT molecular complexity index is 1450. The number of esters is 3. The van der Waals surface area contributed by atoms with Crippen molar-refractivity contribution >= 4 is 17.9 Å². The Kier molecular flexibility index (Phi) is 9.87. The summed E-state index contributed by atoms with van der Waals surface area (Å²) in [5, 5.41) is 0. The first-order chi connectivity index (χ1) is 21.6. The maximum atomic E-state index is 13.7. The Morgan fingerprint density at radius 3 is 2.27 bits per heavy atom. The van der Waals surface area contributed by atoms with Crippen LogP contribution in [0.5, 0.6) is 0 Å². The van der Waals surface area contributed by atoms with Crippen LogP contribution in [-0.2, 0) is 23.7 Å². The van der Waals surface area contributed by atoms with Crippen LogP contribution < -0.4 is 0 Å². The third kappa shape index (κ3) is 7.19. The molecule has 0 spiro atoms. The zero-order valence-electron chi connectivity index (χ0n) is 26.9. The minimum atomic E-state index is -0.917. The molecular weight excluding hydrogens is 572 g/mol. The van der Waals surface area contributed by atoms with E-state index >= 15 is 0 Å². The third-order valence-corrected chi connectivity index (χ3v) is 9.56. The van der Waals surface area contributed by atoms with Crippen LogP contribution in [-0.4, -0.2) is 58.4 Å². The van der Waals surface area contributed by atoms with Crippen molar-refractivity contribution in [2.24, 2.45) is 11.3 Å². The number of hydrogen-bond donors (Lipinski definition) is 0. The molecule has 3 aliphatic rings. The van der Waals surface area contributed by atoms with Gasteiger partial charge in [0, 0.05) is 43.5 Å². The molecule has 1 saturated heterocycles. The average Bonchev–Trinajstić information content (AvgIpc) is 3.50. The highest BCUT2D eigenvalue weighted by Crippen LogP contribution is 2.57. The van der Waals surface area contributed by atoms with E-state index in [4.69, 9.17) is 18.9 Å². The van der Waals surface area contributed by atoms with E-state index in [1.807, 2.05) is 19.9 Å². The van der Waals surface area contributed by atoms with E-state index in [1.54, 1.807) is 36.7 Å². The molecule has 6 atom stereocenters. The minimum absolute atomic E-state index is 0.00303. The van der Waals surface area contributed by atoms with Crippen molar-refractivity contribution < 1.29 is 33.3 Å². The van der Waals surface area contributed by atoms with Crippen LogP contribution in [0.3, 0.4) is 0 Å². The fraction of sp³-hybridized carbons (Fsp3) is 0.528. The SMILES string of the molecule is CCCC(=O)OCC12CCC(=C(C)C)C1C(OC(=O)c1cccnc1)CC1(C)OC1CCC(C)=CC2OC(=O)c1cccnc1. The minimum Gasteiger partial charge on any atom is -0.465 e. The summed E-state index contributed by atoms with van der Waals surface area (Å²) in [7, 11) is 0. The fourth-order valence-corrected chi connectivity index (χ4v) is 7.07. The highest BCUT2D eigenvalue weighted by molar-refractivity contribution is 5.89. The van der Waals surface area contributed by atoms with Crippen molar-refractivity contribution in [2.45, 2.75) is 103 Å². The standard InChI is InChI=1S/C36H44N2O7/c1-6-9-31(39)42-22-36-15-14-27(23(2)3)32(36)28(43-33(40)25-10-7-16-37-20-25)19-35(5)29(45-35)13-12-24(4)18-30(36)44-34(41)26-11-8-17-38-21-26/h7-8,10-11,16-18,20-21,28-30,32H,6,9,12-15,19,22H2,1-5H3. The molecule has 2 aromatic heterocycles. The van der Waals surface area contributed by atoms with E-state index in [-0.39, 0.29) is 25.1 Å². The van der Waals surface area contributed by atoms with E-state index in [0.717, 1.165) is 29.6 Å². The number of aromatic nitrogens is 2. The Balaban J connectivity index is 1.66. The average molecular weight is 617 g/mol. The predicted octanol–water partition coefficient (Wildman–Crippen LogP) is 6.59. The lowest BCUT2D eigenvalue weighted by Gasteiger charge is -2.43. The summed E-state index contributed by atoms with van der Waals surface area (Å²) in [6.45, 7) is 10.1. The molecule has 3 heterocycles. The van der Waals surface area contributed by atoms with Gasteiger partial charge in [-0.1, -0.05) is 23.6 Å². The number of allylic oxidation sites excluding steroid dienone is 2. The summed E-state index contributed by atoms with van der Waals surface area (Å²) < 4.78 is 25.2. The highest BCUT2D eigenvalue weighted by Gasteiger charge is 2.61. The lowest BCUT2D eigenvalue weighted by molar-refractivity contribution is -0.153. The molecule has 5 rings (SSSR count). The van der Waals surface area contributed by atoms with Gasteiger partial charge in [0.2, 0.25) is 0 Å². The molecule has 9 nitrogen and oxygen atoms in total. The van der Waals surface area contributed by atoms with Gasteiger partial charge in [-0.2, -0.15) is 0 Å². The fourth-order valence-electron chi connectivity index (χ4n) is 7.07. The normalized spacial score (nSPS) is 29.3. The highest BCUT2D eigenvalue weighted by atomic mass is 16.6. The quantitative estimate of drug-likeness (QED) is 0.140. The zero-order chi connectivity index (χ0) is 32.2. The second kappa shape index (κ2) is 13.6. The second-order valence-electron chi connectivity index (χ2n) is 13.1.